The second-order valence-electron chi connectivity index (χ2n) is 6.54. The van der Waals surface area contributed by atoms with Gasteiger partial charge >= 0.3 is 6.36 Å². The Morgan fingerprint density at radius 3 is 2.58 bits per heavy atom. The number of aromatic amines is 1. The third-order valence-corrected chi connectivity index (χ3v) is 5.09. The van der Waals surface area contributed by atoms with E-state index >= 15 is 0 Å². The van der Waals surface area contributed by atoms with Gasteiger partial charge in [-0.3, -0.25) is 9.89 Å². The highest BCUT2D eigenvalue weighted by atomic mass is 32.1. The zero-order valence-corrected chi connectivity index (χ0v) is 16.7. The smallest absolute Gasteiger partial charge is 0.493 e. The Balaban J connectivity index is 1.39. The van der Waals surface area contributed by atoms with E-state index in [4.69, 9.17) is 4.74 Å². The van der Waals surface area contributed by atoms with Crippen molar-refractivity contribution in [1.29, 1.82) is 0 Å². The van der Waals surface area contributed by atoms with Crippen LogP contribution >= 0.6 is 11.3 Å². The molecule has 1 amide bonds. The molecule has 0 bridgehead atoms. The van der Waals surface area contributed by atoms with Crippen molar-refractivity contribution in [2.45, 2.75) is 12.8 Å². The maximum absolute atomic E-state index is 12.4. The number of alkyl halides is 3. The zero-order chi connectivity index (χ0) is 21.8. The van der Waals surface area contributed by atoms with Crippen LogP contribution in [0.5, 0.6) is 11.5 Å². The molecular formula is C21H16F3N3O3S. The summed E-state index contributed by atoms with van der Waals surface area (Å²) in [5, 5.41) is 14.4. The number of H-pyrrole nitrogens is 1. The van der Waals surface area contributed by atoms with Gasteiger partial charge in [0.2, 0.25) is 0 Å². The summed E-state index contributed by atoms with van der Waals surface area (Å²) < 4.78 is 46.3. The minimum absolute atomic E-state index is 0.166. The van der Waals surface area contributed by atoms with Crippen molar-refractivity contribution in [2.75, 3.05) is 11.9 Å². The molecule has 2 N–H and O–H groups in total. The van der Waals surface area contributed by atoms with Crippen molar-refractivity contribution >= 4 is 34.0 Å². The van der Waals surface area contributed by atoms with Crippen LogP contribution in [0.2, 0.25) is 0 Å². The first-order valence-corrected chi connectivity index (χ1v) is 10.1. The summed E-state index contributed by atoms with van der Waals surface area (Å²) in [4.78, 5) is 12.4. The quantitative estimate of drug-likeness (QED) is 0.398. The number of halogens is 3. The van der Waals surface area contributed by atoms with Gasteiger partial charge in [-0.1, -0.05) is 0 Å². The molecule has 0 saturated heterocycles. The average Bonchev–Trinajstić information content (AvgIpc) is 3.37. The normalized spacial score (nSPS) is 11.5. The fraction of sp³-hybridized carbons (Fsp3) is 0.143. The maximum Gasteiger partial charge on any atom is 0.573 e. The lowest BCUT2D eigenvalue weighted by molar-refractivity contribution is -0.274. The van der Waals surface area contributed by atoms with Crippen molar-refractivity contribution < 1.29 is 27.4 Å². The van der Waals surface area contributed by atoms with Gasteiger partial charge in [-0.05, 0) is 58.8 Å². The topological polar surface area (TPSA) is 76.2 Å². The van der Waals surface area contributed by atoms with Crippen molar-refractivity contribution in [3.05, 3.63) is 70.4 Å². The summed E-state index contributed by atoms with van der Waals surface area (Å²) >= 11 is 1.64. The SMILES string of the molecule is O=C(Nc1n[nH]c2cc(OCCc3ccsc3)ccc12)c1ccc(OC(F)(F)F)cc1. The Bertz CT molecular complexity index is 1170. The Morgan fingerprint density at radius 1 is 1.10 bits per heavy atom. The van der Waals surface area contributed by atoms with E-state index in [9.17, 15) is 18.0 Å². The van der Waals surface area contributed by atoms with Crippen LogP contribution in [0.4, 0.5) is 19.0 Å². The van der Waals surface area contributed by atoms with E-state index in [1.165, 1.54) is 17.7 Å². The number of nitrogens with one attached hydrogen (secondary N) is 2. The fourth-order valence-electron chi connectivity index (χ4n) is 2.89. The highest BCUT2D eigenvalue weighted by molar-refractivity contribution is 7.07. The molecule has 10 heteroatoms. The molecule has 31 heavy (non-hydrogen) atoms. The number of carbonyl (C=O) groups excluding carboxylic acids is 1. The predicted molar refractivity (Wildman–Crippen MR) is 111 cm³/mol. The lowest BCUT2D eigenvalue weighted by Gasteiger charge is -2.09. The van der Waals surface area contributed by atoms with Crippen LogP contribution < -0.4 is 14.8 Å². The number of carbonyl (C=O) groups is 1. The molecular weight excluding hydrogens is 431 g/mol. The zero-order valence-electron chi connectivity index (χ0n) is 15.9. The standard InChI is InChI=1S/C21H16F3N3O3S/c22-21(23,24)30-15-3-1-14(2-4-15)20(28)25-19-17-6-5-16(11-18(17)26-27-19)29-9-7-13-8-10-31-12-13/h1-6,8,10-12H,7,9H2,(H2,25,26,27,28). The van der Waals surface area contributed by atoms with Gasteiger partial charge in [0.1, 0.15) is 11.5 Å². The molecule has 6 nitrogen and oxygen atoms in total. The van der Waals surface area contributed by atoms with Crippen LogP contribution in [0.15, 0.2) is 59.3 Å². The number of hydrogen-bond donors (Lipinski definition) is 2. The number of nitrogens with zero attached hydrogens (tertiary/aromatic N) is 1. The van der Waals surface area contributed by atoms with Crippen LogP contribution in [0, 0.1) is 0 Å². The van der Waals surface area contributed by atoms with E-state index in [2.05, 4.69) is 31.7 Å². The van der Waals surface area contributed by atoms with Crippen LogP contribution in [-0.4, -0.2) is 29.1 Å². The van der Waals surface area contributed by atoms with E-state index in [0.717, 1.165) is 18.6 Å². The summed E-state index contributed by atoms with van der Waals surface area (Å²) in [5.74, 6) is 0.0637. The van der Waals surface area contributed by atoms with E-state index in [1.54, 1.807) is 29.5 Å². The minimum atomic E-state index is -4.79. The summed E-state index contributed by atoms with van der Waals surface area (Å²) in [7, 11) is 0. The molecule has 0 atom stereocenters. The van der Waals surface area contributed by atoms with Gasteiger partial charge in [0.15, 0.2) is 5.82 Å². The second-order valence-corrected chi connectivity index (χ2v) is 7.32. The summed E-state index contributed by atoms with van der Waals surface area (Å²) in [6.07, 6.45) is -3.98. The molecule has 4 rings (SSSR count). The average molecular weight is 447 g/mol. The third kappa shape index (κ3) is 5.34. The first-order valence-electron chi connectivity index (χ1n) is 9.16. The maximum atomic E-state index is 12.4. The van der Waals surface area contributed by atoms with Crippen molar-refractivity contribution in [3.8, 4) is 11.5 Å². The number of anilines is 1. The Labute approximate surface area is 178 Å². The molecule has 0 saturated carbocycles. The summed E-state index contributed by atoms with van der Waals surface area (Å²) in [6, 6.07) is 12.0. The van der Waals surface area contributed by atoms with E-state index < -0.39 is 18.0 Å². The van der Waals surface area contributed by atoms with Crippen LogP contribution in [0.3, 0.4) is 0 Å². The van der Waals surface area contributed by atoms with E-state index in [1.807, 2.05) is 5.38 Å². The molecule has 2 aromatic carbocycles. The van der Waals surface area contributed by atoms with Crippen molar-refractivity contribution in [1.82, 2.24) is 10.2 Å². The van der Waals surface area contributed by atoms with Gasteiger partial charge in [-0.15, -0.1) is 13.2 Å². The van der Waals surface area contributed by atoms with Crippen LogP contribution in [0.1, 0.15) is 15.9 Å². The molecule has 0 spiro atoms. The molecule has 2 aromatic heterocycles. The highest BCUT2D eigenvalue weighted by Crippen LogP contribution is 2.26. The van der Waals surface area contributed by atoms with Gasteiger partial charge in [-0.25, -0.2) is 0 Å². The molecule has 0 radical (unpaired) electrons. The lowest BCUT2D eigenvalue weighted by Crippen LogP contribution is -2.17. The van der Waals surface area contributed by atoms with Crippen molar-refractivity contribution in [3.63, 3.8) is 0 Å². The van der Waals surface area contributed by atoms with Gasteiger partial charge < -0.3 is 14.8 Å². The van der Waals surface area contributed by atoms with Gasteiger partial charge in [0, 0.05) is 23.4 Å². The number of fused-ring (bicyclic) bond motifs is 1. The molecule has 0 fully saturated rings. The Kier molecular flexibility index (Phi) is 5.81. The van der Waals surface area contributed by atoms with E-state index in [0.29, 0.717) is 29.1 Å². The second kappa shape index (κ2) is 8.68. The highest BCUT2D eigenvalue weighted by Gasteiger charge is 2.31. The molecule has 160 valence electrons. The van der Waals surface area contributed by atoms with Gasteiger partial charge in [0.25, 0.3) is 5.91 Å². The fourth-order valence-corrected chi connectivity index (χ4v) is 3.60. The molecule has 4 aromatic rings. The number of ether oxygens (including phenoxy) is 2. The van der Waals surface area contributed by atoms with Crippen LogP contribution in [0.25, 0.3) is 10.9 Å². The van der Waals surface area contributed by atoms with Crippen molar-refractivity contribution in [2.24, 2.45) is 0 Å². The van der Waals surface area contributed by atoms with E-state index in [-0.39, 0.29) is 5.56 Å². The Morgan fingerprint density at radius 2 is 1.87 bits per heavy atom. The summed E-state index contributed by atoms with van der Waals surface area (Å²) in [6.45, 7) is 0.536. The first kappa shape index (κ1) is 20.7. The first-order chi connectivity index (χ1) is 14.9. The number of aromatic nitrogens is 2. The molecule has 0 aliphatic rings. The predicted octanol–water partition coefficient (Wildman–Crippen LogP) is 5.40. The molecule has 2 heterocycles. The third-order valence-electron chi connectivity index (χ3n) is 4.36. The van der Waals surface area contributed by atoms with Gasteiger partial charge in [-0.2, -0.15) is 16.4 Å². The minimum Gasteiger partial charge on any atom is -0.493 e. The molecule has 0 aliphatic carbocycles. The molecule has 0 unspecified atom stereocenters. The number of amides is 1. The number of benzene rings is 2. The summed E-state index contributed by atoms with van der Waals surface area (Å²) in [5.41, 5.74) is 2.06. The number of hydrogen-bond acceptors (Lipinski definition) is 5. The Hall–Kier alpha value is -3.53. The number of thiophene rings is 1. The largest absolute Gasteiger partial charge is 0.573 e. The lowest BCUT2D eigenvalue weighted by atomic mass is 10.2. The van der Waals surface area contributed by atoms with Crippen LogP contribution in [-0.2, 0) is 6.42 Å². The number of rotatable bonds is 7. The monoisotopic (exact) mass is 447 g/mol. The molecule has 0 aliphatic heterocycles. The van der Waals surface area contributed by atoms with Gasteiger partial charge in [0.05, 0.1) is 12.1 Å².